The molecule has 0 bridgehead atoms. The highest BCUT2D eigenvalue weighted by Gasteiger charge is 2.22. The van der Waals surface area contributed by atoms with E-state index >= 15 is 0 Å². The molecule has 2 amide bonds. The highest BCUT2D eigenvalue weighted by molar-refractivity contribution is 7.22. The van der Waals surface area contributed by atoms with Crippen LogP contribution in [0.1, 0.15) is 41.6 Å². The normalized spacial score (nSPS) is 11.4. The molecule has 0 radical (unpaired) electrons. The molecule has 158 valence electrons. The van der Waals surface area contributed by atoms with Crippen molar-refractivity contribution in [1.29, 1.82) is 0 Å². The topological polar surface area (TPSA) is 67.4 Å². The van der Waals surface area contributed by atoms with Gasteiger partial charge in [-0.05, 0) is 63.9 Å². The molecule has 3 aromatic rings. The Balaban J connectivity index is 1.78. The first-order chi connectivity index (χ1) is 14.0. The van der Waals surface area contributed by atoms with Gasteiger partial charge < -0.3 is 15.4 Å². The van der Waals surface area contributed by atoms with E-state index in [9.17, 15) is 9.59 Å². The minimum Gasteiger partial charge on any atom is -0.484 e. The number of carbonyl (C=O) groups excluding carboxylic acids is 2. The smallest absolute Gasteiger partial charge is 0.263 e. The van der Waals surface area contributed by atoms with Gasteiger partial charge in [0.05, 0.1) is 15.4 Å². The van der Waals surface area contributed by atoms with Gasteiger partial charge in [-0.1, -0.05) is 29.8 Å². The molecule has 5 nitrogen and oxygen atoms in total. The molecular weight excluding hydrogens is 420 g/mol. The average molecular weight is 445 g/mol. The Morgan fingerprint density at radius 3 is 2.40 bits per heavy atom. The summed E-state index contributed by atoms with van der Waals surface area (Å²) < 4.78 is 6.39. The van der Waals surface area contributed by atoms with Crippen LogP contribution in [0.4, 0.5) is 5.69 Å². The van der Waals surface area contributed by atoms with Gasteiger partial charge in [-0.15, -0.1) is 11.3 Å². The van der Waals surface area contributed by atoms with Crippen molar-refractivity contribution in [3.8, 4) is 5.75 Å². The summed E-state index contributed by atoms with van der Waals surface area (Å²) in [5.41, 5.74) is 2.37. The maximum absolute atomic E-state index is 12.6. The van der Waals surface area contributed by atoms with Gasteiger partial charge in [-0.2, -0.15) is 0 Å². The Hall–Kier alpha value is -2.57. The largest absolute Gasteiger partial charge is 0.484 e. The van der Waals surface area contributed by atoms with Crippen LogP contribution < -0.4 is 15.4 Å². The fraction of sp³-hybridized carbons (Fsp3) is 0.304. The standard InChI is InChI=1S/C23H25ClN2O3S/c1-13-9-14(2)11-15(10-13)29-12-18(27)25-17-8-6-7-16-19(24)21(30-20(16)17)22(28)26-23(3,4)5/h6-11H,12H2,1-5H3,(H,25,27)(H,26,28). The number of aryl methyl sites for hydroxylation is 2. The van der Waals surface area contributed by atoms with Crippen LogP contribution in [0.25, 0.3) is 10.1 Å². The summed E-state index contributed by atoms with van der Waals surface area (Å²) in [5.74, 6) is 0.136. The third-order valence-electron chi connectivity index (χ3n) is 4.19. The fourth-order valence-corrected chi connectivity index (χ4v) is 4.55. The van der Waals surface area contributed by atoms with Gasteiger partial charge in [0, 0.05) is 10.9 Å². The van der Waals surface area contributed by atoms with E-state index in [1.807, 2.05) is 58.9 Å². The van der Waals surface area contributed by atoms with Crippen molar-refractivity contribution in [3.63, 3.8) is 0 Å². The van der Waals surface area contributed by atoms with Crippen molar-refractivity contribution in [2.45, 2.75) is 40.2 Å². The second-order valence-electron chi connectivity index (χ2n) is 8.29. The van der Waals surface area contributed by atoms with Crippen molar-refractivity contribution in [2.75, 3.05) is 11.9 Å². The summed E-state index contributed by atoms with van der Waals surface area (Å²) in [5, 5.41) is 6.91. The molecule has 0 aliphatic heterocycles. The number of hydrogen-bond acceptors (Lipinski definition) is 4. The summed E-state index contributed by atoms with van der Waals surface area (Å²) in [6.45, 7) is 9.58. The minimum absolute atomic E-state index is 0.115. The van der Waals surface area contributed by atoms with Crippen molar-refractivity contribution >= 4 is 50.5 Å². The number of anilines is 1. The fourth-order valence-electron chi connectivity index (χ4n) is 3.08. The monoisotopic (exact) mass is 444 g/mol. The Labute approximate surface area is 185 Å². The van der Waals surface area contributed by atoms with E-state index in [0.29, 0.717) is 21.3 Å². The van der Waals surface area contributed by atoms with E-state index < -0.39 is 0 Å². The first kappa shape index (κ1) is 22.1. The number of amides is 2. The molecule has 0 aliphatic rings. The van der Waals surface area contributed by atoms with E-state index in [0.717, 1.165) is 21.2 Å². The van der Waals surface area contributed by atoms with Crippen molar-refractivity contribution in [1.82, 2.24) is 5.32 Å². The van der Waals surface area contributed by atoms with E-state index in [-0.39, 0.29) is 24.0 Å². The highest BCUT2D eigenvalue weighted by Crippen LogP contribution is 2.39. The van der Waals surface area contributed by atoms with E-state index in [1.165, 1.54) is 11.3 Å². The zero-order valence-corrected chi connectivity index (χ0v) is 19.3. The van der Waals surface area contributed by atoms with Gasteiger partial charge in [0.25, 0.3) is 11.8 Å². The van der Waals surface area contributed by atoms with Gasteiger partial charge in [0.1, 0.15) is 10.6 Å². The molecule has 7 heteroatoms. The number of thiophene rings is 1. The third-order valence-corrected chi connectivity index (χ3v) is 5.93. The Morgan fingerprint density at radius 2 is 1.77 bits per heavy atom. The van der Waals surface area contributed by atoms with E-state index in [2.05, 4.69) is 10.6 Å². The number of carbonyl (C=O) groups is 2. The quantitative estimate of drug-likeness (QED) is 0.529. The summed E-state index contributed by atoms with van der Waals surface area (Å²) in [7, 11) is 0. The lowest BCUT2D eigenvalue weighted by molar-refractivity contribution is -0.118. The Morgan fingerprint density at radius 1 is 1.10 bits per heavy atom. The molecule has 0 spiro atoms. The molecule has 0 fully saturated rings. The van der Waals surface area contributed by atoms with Crippen LogP contribution >= 0.6 is 22.9 Å². The number of ether oxygens (including phenoxy) is 1. The average Bonchev–Trinajstić information content (AvgIpc) is 2.96. The van der Waals surface area contributed by atoms with Crippen molar-refractivity contribution < 1.29 is 14.3 Å². The van der Waals surface area contributed by atoms with Crippen LogP contribution in [0.3, 0.4) is 0 Å². The highest BCUT2D eigenvalue weighted by atomic mass is 35.5. The molecule has 0 saturated heterocycles. The second-order valence-corrected chi connectivity index (χ2v) is 9.69. The van der Waals surface area contributed by atoms with Crippen LogP contribution in [0, 0.1) is 13.8 Å². The first-order valence-electron chi connectivity index (χ1n) is 9.58. The Bertz CT molecular complexity index is 1100. The summed E-state index contributed by atoms with van der Waals surface area (Å²) in [6, 6.07) is 11.2. The summed E-state index contributed by atoms with van der Waals surface area (Å²) in [4.78, 5) is 25.5. The van der Waals surface area contributed by atoms with E-state index in [1.54, 1.807) is 12.1 Å². The van der Waals surface area contributed by atoms with Crippen LogP contribution in [-0.4, -0.2) is 24.0 Å². The predicted molar refractivity (Wildman–Crippen MR) is 124 cm³/mol. The van der Waals surface area contributed by atoms with Crippen molar-refractivity contribution in [3.05, 3.63) is 57.4 Å². The van der Waals surface area contributed by atoms with Gasteiger partial charge >= 0.3 is 0 Å². The van der Waals surface area contributed by atoms with Crippen LogP contribution in [0.2, 0.25) is 5.02 Å². The van der Waals surface area contributed by atoms with E-state index in [4.69, 9.17) is 16.3 Å². The number of nitrogens with one attached hydrogen (secondary N) is 2. The molecule has 2 aromatic carbocycles. The molecule has 2 N–H and O–H groups in total. The lowest BCUT2D eigenvalue weighted by Gasteiger charge is -2.19. The number of halogens is 1. The third kappa shape index (κ3) is 5.32. The number of benzene rings is 2. The predicted octanol–water partition coefficient (Wildman–Crippen LogP) is 5.72. The lowest BCUT2D eigenvalue weighted by Crippen LogP contribution is -2.40. The number of fused-ring (bicyclic) bond motifs is 1. The second kappa shape index (κ2) is 8.66. The minimum atomic E-state index is -0.376. The van der Waals surface area contributed by atoms with Crippen LogP contribution in [0.5, 0.6) is 5.75 Å². The molecule has 3 rings (SSSR count). The van der Waals surface area contributed by atoms with Crippen LogP contribution in [0.15, 0.2) is 36.4 Å². The number of rotatable bonds is 5. The maximum Gasteiger partial charge on any atom is 0.263 e. The molecule has 0 saturated carbocycles. The molecular formula is C23H25ClN2O3S. The lowest BCUT2D eigenvalue weighted by atomic mass is 10.1. The van der Waals surface area contributed by atoms with Crippen molar-refractivity contribution in [2.24, 2.45) is 0 Å². The zero-order chi connectivity index (χ0) is 22.1. The first-order valence-corrected chi connectivity index (χ1v) is 10.8. The SMILES string of the molecule is Cc1cc(C)cc(OCC(=O)Nc2cccc3c(Cl)c(C(=O)NC(C)(C)C)sc23)c1. The Kier molecular flexibility index (Phi) is 6.38. The van der Waals surface area contributed by atoms with Gasteiger partial charge in [0.2, 0.25) is 0 Å². The van der Waals surface area contributed by atoms with Gasteiger partial charge in [-0.25, -0.2) is 0 Å². The van der Waals surface area contributed by atoms with Gasteiger partial charge in [-0.3, -0.25) is 9.59 Å². The molecule has 0 atom stereocenters. The zero-order valence-electron chi connectivity index (χ0n) is 17.7. The summed E-state index contributed by atoms with van der Waals surface area (Å²) in [6.07, 6.45) is 0. The molecule has 30 heavy (non-hydrogen) atoms. The molecule has 0 aliphatic carbocycles. The van der Waals surface area contributed by atoms with Crippen LogP contribution in [-0.2, 0) is 4.79 Å². The molecule has 1 aromatic heterocycles. The summed E-state index contributed by atoms with van der Waals surface area (Å²) >= 11 is 7.73. The molecule has 1 heterocycles. The maximum atomic E-state index is 12.6. The molecule has 0 unspecified atom stereocenters. The van der Waals surface area contributed by atoms with Gasteiger partial charge in [0.15, 0.2) is 6.61 Å². The number of hydrogen-bond donors (Lipinski definition) is 2.